The van der Waals surface area contributed by atoms with Gasteiger partial charge in [0.05, 0.1) is 10.7 Å². The van der Waals surface area contributed by atoms with E-state index in [1.165, 1.54) is 12.1 Å². The third-order valence-electron chi connectivity index (χ3n) is 2.41. The second-order valence-electron chi connectivity index (χ2n) is 3.97. The lowest BCUT2D eigenvalue weighted by Crippen LogP contribution is -2.02. The molecule has 0 spiro atoms. The van der Waals surface area contributed by atoms with Gasteiger partial charge >= 0.3 is 0 Å². The highest BCUT2D eigenvalue weighted by atomic mass is 79.9. The fraction of sp³-hybridized carbons (Fsp3) is 0.154. The Morgan fingerprint density at radius 2 is 2.11 bits per heavy atom. The molecule has 0 aliphatic heterocycles. The van der Waals surface area contributed by atoms with E-state index in [1.54, 1.807) is 12.4 Å². The van der Waals surface area contributed by atoms with Crippen molar-refractivity contribution in [1.82, 2.24) is 4.98 Å². The number of rotatable bonds is 3. The molecular weight excluding hydrogens is 319 g/mol. The average Bonchev–Trinajstić information content (AvgIpc) is 2.27. The van der Waals surface area contributed by atoms with Crippen LogP contribution in [0.4, 0.5) is 10.1 Å². The quantitative estimate of drug-likeness (QED) is 0.893. The lowest BCUT2D eigenvalue weighted by atomic mass is 10.2. The van der Waals surface area contributed by atoms with E-state index in [-0.39, 0.29) is 5.82 Å². The highest BCUT2D eigenvalue weighted by molar-refractivity contribution is 9.10. The van der Waals surface area contributed by atoms with Crippen LogP contribution in [0.5, 0.6) is 0 Å². The molecule has 0 bridgehead atoms. The first-order valence-corrected chi connectivity index (χ1v) is 6.52. The van der Waals surface area contributed by atoms with Gasteiger partial charge in [-0.25, -0.2) is 4.39 Å². The van der Waals surface area contributed by atoms with Crippen LogP contribution < -0.4 is 5.32 Å². The monoisotopic (exact) mass is 328 g/mol. The fourth-order valence-electron chi connectivity index (χ4n) is 1.62. The third kappa shape index (κ3) is 3.21. The zero-order valence-corrected chi connectivity index (χ0v) is 12.0. The van der Waals surface area contributed by atoms with E-state index in [4.69, 9.17) is 11.6 Å². The summed E-state index contributed by atoms with van der Waals surface area (Å²) in [5.74, 6) is -0.366. The van der Waals surface area contributed by atoms with Crippen LogP contribution in [0.25, 0.3) is 0 Å². The molecule has 1 aromatic carbocycles. The zero-order valence-electron chi connectivity index (χ0n) is 9.67. The van der Waals surface area contributed by atoms with Gasteiger partial charge in [-0.05, 0) is 46.1 Å². The summed E-state index contributed by atoms with van der Waals surface area (Å²) in [6.07, 6.45) is 3.58. The molecule has 0 radical (unpaired) electrons. The summed E-state index contributed by atoms with van der Waals surface area (Å²) in [6, 6.07) is 4.69. The fourth-order valence-corrected chi connectivity index (χ4v) is 2.58. The van der Waals surface area contributed by atoms with Crippen molar-refractivity contribution in [3.8, 4) is 0 Å². The first kappa shape index (κ1) is 13.3. The van der Waals surface area contributed by atoms with Crippen LogP contribution >= 0.6 is 27.5 Å². The van der Waals surface area contributed by atoms with Crippen LogP contribution in [0.2, 0.25) is 5.02 Å². The van der Waals surface area contributed by atoms with Crippen molar-refractivity contribution in [3.63, 3.8) is 0 Å². The molecule has 18 heavy (non-hydrogen) atoms. The van der Waals surface area contributed by atoms with Gasteiger partial charge < -0.3 is 5.32 Å². The van der Waals surface area contributed by atoms with E-state index in [2.05, 4.69) is 26.2 Å². The van der Waals surface area contributed by atoms with E-state index in [0.717, 1.165) is 11.1 Å². The van der Waals surface area contributed by atoms with E-state index in [9.17, 15) is 4.39 Å². The molecule has 0 unspecified atom stereocenters. The Hall–Kier alpha value is -1.13. The van der Waals surface area contributed by atoms with E-state index in [1.807, 2.05) is 13.0 Å². The summed E-state index contributed by atoms with van der Waals surface area (Å²) in [7, 11) is 0. The Bertz CT molecular complexity index is 552. The van der Waals surface area contributed by atoms with Crippen molar-refractivity contribution in [2.45, 2.75) is 13.5 Å². The molecule has 94 valence electrons. The zero-order chi connectivity index (χ0) is 13.1. The number of hydrogen-bond donors (Lipinski definition) is 1. The molecule has 5 heteroatoms. The van der Waals surface area contributed by atoms with Crippen LogP contribution in [0.1, 0.15) is 11.1 Å². The predicted molar refractivity (Wildman–Crippen MR) is 75.4 cm³/mol. The molecule has 1 heterocycles. The second-order valence-corrected chi connectivity index (χ2v) is 5.23. The molecule has 1 aromatic heterocycles. The molecule has 2 nitrogen and oxygen atoms in total. The van der Waals surface area contributed by atoms with Crippen LogP contribution in [0.15, 0.2) is 35.1 Å². The number of hydrogen-bond acceptors (Lipinski definition) is 2. The Kier molecular flexibility index (Phi) is 4.19. The van der Waals surface area contributed by atoms with E-state index < -0.39 is 0 Å². The number of halogens is 3. The van der Waals surface area contributed by atoms with Gasteiger partial charge in [-0.15, -0.1) is 0 Å². The highest BCUT2D eigenvalue weighted by Gasteiger charge is 2.07. The molecule has 0 aliphatic carbocycles. The molecule has 2 rings (SSSR count). The maximum atomic E-state index is 13.1. The minimum Gasteiger partial charge on any atom is -0.379 e. The molecule has 0 aliphatic rings. The Morgan fingerprint density at radius 3 is 2.78 bits per heavy atom. The first-order valence-electron chi connectivity index (χ1n) is 5.35. The topological polar surface area (TPSA) is 24.9 Å². The first-order chi connectivity index (χ1) is 8.56. The summed E-state index contributed by atoms with van der Waals surface area (Å²) in [5, 5.41) is 3.52. The molecular formula is C13H11BrClFN2. The number of nitrogens with zero attached hydrogens (tertiary/aromatic N) is 1. The molecule has 1 N–H and O–H groups in total. The SMILES string of the molecule is Cc1cncc(CNc2c(Cl)cc(F)cc2Br)c1. The lowest BCUT2D eigenvalue weighted by molar-refractivity contribution is 0.627. The summed E-state index contributed by atoms with van der Waals surface area (Å²) >= 11 is 9.27. The molecule has 0 saturated heterocycles. The van der Waals surface area contributed by atoms with Crippen molar-refractivity contribution in [2.75, 3.05) is 5.32 Å². The van der Waals surface area contributed by atoms with Crippen molar-refractivity contribution in [3.05, 3.63) is 57.0 Å². The summed E-state index contributed by atoms with van der Waals surface area (Å²) in [6.45, 7) is 2.57. The smallest absolute Gasteiger partial charge is 0.125 e. The Labute approximate surface area is 118 Å². The van der Waals surface area contributed by atoms with Gasteiger partial charge in [0.2, 0.25) is 0 Å². The van der Waals surface area contributed by atoms with Crippen LogP contribution in [-0.4, -0.2) is 4.98 Å². The number of pyridine rings is 1. The number of benzene rings is 1. The van der Waals surface area contributed by atoms with Crippen molar-refractivity contribution >= 4 is 33.2 Å². The number of aryl methyl sites for hydroxylation is 1. The van der Waals surface area contributed by atoms with Crippen molar-refractivity contribution < 1.29 is 4.39 Å². The van der Waals surface area contributed by atoms with Crippen LogP contribution in [0.3, 0.4) is 0 Å². The summed E-state index contributed by atoms with van der Waals surface area (Å²) in [4.78, 5) is 4.11. The number of aromatic nitrogens is 1. The number of nitrogens with one attached hydrogen (secondary N) is 1. The highest BCUT2D eigenvalue weighted by Crippen LogP contribution is 2.31. The largest absolute Gasteiger partial charge is 0.379 e. The maximum absolute atomic E-state index is 13.1. The maximum Gasteiger partial charge on any atom is 0.125 e. The lowest BCUT2D eigenvalue weighted by Gasteiger charge is -2.11. The summed E-state index contributed by atoms with van der Waals surface area (Å²) < 4.78 is 13.7. The minimum absolute atomic E-state index is 0.350. The van der Waals surface area contributed by atoms with Gasteiger partial charge in [0.1, 0.15) is 5.82 Å². The van der Waals surface area contributed by atoms with Crippen molar-refractivity contribution in [2.24, 2.45) is 0 Å². The molecule has 0 fully saturated rings. The van der Waals surface area contributed by atoms with Gasteiger partial charge in [0, 0.05) is 23.4 Å². The van der Waals surface area contributed by atoms with E-state index in [0.29, 0.717) is 21.7 Å². The molecule has 0 amide bonds. The Balaban J connectivity index is 2.16. The Morgan fingerprint density at radius 1 is 1.33 bits per heavy atom. The minimum atomic E-state index is -0.366. The second kappa shape index (κ2) is 5.67. The van der Waals surface area contributed by atoms with Crippen LogP contribution in [0, 0.1) is 12.7 Å². The van der Waals surface area contributed by atoms with Crippen LogP contribution in [-0.2, 0) is 6.54 Å². The predicted octanol–water partition coefficient (Wildman–Crippen LogP) is 4.56. The molecule has 0 atom stereocenters. The van der Waals surface area contributed by atoms with Gasteiger partial charge in [0.25, 0.3) is 0 Å². The van der Waals surface area contributed by atoms with E-state index >= 15 is 0 Å². The standard InChI is InChI=1S/C13H11BrClFN2/c1-8-2-9(6-17-5-8)7-18-13-11(14)3-10(16)4-12(13)15/h2-6,18H,7H2,1H3. The number of anilines is 1. The molecule has 2 aromatic rings. The van der Waals surface area contributed by atoms with Gasteiger partial charge in [-0.1, -0.05) is 17.7 Å². The third-order valence-corrected chi connectivity index (χ3v) is 3.33. The van der Waals surface area contributed by atoms with Gasteiger partial charge in [0.15, 0.2) is 0 Å². The summed E-state index contributed by atoms with van der Waals surface area (Å²) in [5.41, 5.74) is 2.82. The van der Waals surface area contributed by atoms with Gasteiger partial charge in [-0.2, -0.15) is 0 Å². The van der Waals surface area contributed by atoms with Gasteiger partial charge in [-0.3, -0.25) is 4.98 Å². The normalized spacial score (nSPS) is 10.4. The molecule has 0 saturated carbocycles. The van der Waals surface area contributed by atoms with Crippen molar-refractivity contribution in [1.29, 1.82) is 0 Å². The average molecular weight is 330 g/mol.